The number of carboxylic acid groups (broad SMARTS) is 1. The molecule has 3 unspecified atom stereocenters. The van der Waals surface area contributed by atoms with E-state index in [-0.39, 0.29) is 72.2 Å². The molecule has 538 valence electrons. The van der Waals surface area contributed by atoms with Crippen molar-refractivity contribution >= 4 is 126 Å². The van der Waals surface area contributed by atoms with Crippen LogP contribution >= 0.6 is 0 Å². The van der Waals surface area contributed by atoms with Gasteiger partial charge in [-0.2, -0.15) is 38.2 Å². The Hall–Kier alpha value is -8.55. The largest absolute Gasteiger partial charge is 0.481 e. The first-order chi connectivity index (χ1) is 46.0. The normalized spacial score (nSPS) is 18.2. The Morgan fingerprint density at radius 1 is 0.687 bits per heavy atom. The molecule has 0 radical (unpaired) electrons. The maximum Gasteiger partial charge on any atom is 0.305 e. The number of carboxylic acids is 1. The van der Waals surface area contributed by atoms with E-state index in [9.17, 15) is 90.6 Å². The third-order valence-electron chi connectivity index (χ3n) is 17.8. The number of guanidine groups is 1. The van der Waals surface area contributed by atoms with Crippen LogP contribution in [0.5, 0.6) is 0 Å². The zero-order valence-electron chi connectivity index (χ0n) is 55.5. The van der Waals surface area contributed by atoms with Crippen LogP contribution in [0.25, 0.3) is 21.5 Å². The van der Waals surface area contributed by atoms with Gasteiger partial charge in [0.05, 0.1) is 40.3 Å². The van der Waals surface area contributed by atoms with Crippen molar-refractivity contribution in [3.05, 3.63) is 95.7 Å². The van der Waals surface area contributed by atoms with Crippen LogP contribution in [0.15, 0.2) is 104 Å². The predicted octanol–water partition coefficient (Wildman–Crippen LogP) is 3.36. The molecule has 3 aliphatic rings. The van der Waals surface area contributed by atoms with E-state index in [1.165, 1.54) is 24.0 Å². The first-order valence-corrected chi connectivity index (χ1v) is 37.4. The van der Waals surface area contributed by atoms with Crippen LogP contribution in [-0.4, -0.2) is 182 Å². The quantitative estimate of drug-likeness (QED) is 0.00858. The van der Waals surface area contributed by atoms with Crippen molar-refractivity contribution in [3.8, 4) is 0 Å². The molecular weight excluding hydrogens is 1370 g/mol. The van der Waals surface area contributed by atoms with Gasteiger partial charge in [-0.05, 0) is 138 Å². The van der Waals surface area contributed by atoms with Crippen molar-refractivity contribution in [3.63, 3.8) is 0 Å². The minimum Gasteiger partial charge on any atom is -0.481 e. The van der Waals surface area contributed by atoms with Crippen LogP contribution in [0, 0.1) is 5.41 Å². The number of rotatable bonds is 31. The predicted molar refractivity (Wildman–Crippen MR) is 365 cm³/mol. The number of aliphatic carboxylic acids is 1. The van der Waals surface area contributed by atoms with Gasteiger partial charge in [0.15, 0.2) is 17.5 Å². The standard InChI is InChI=1S/C64H83N11O20S4/c1-8-73-48-24-21-40-42(30-38(96(84,85)86)32-50(40)98(90,91)92)57(48)63(4,5)52(73)17-11-9-12-18-53-64(6,7)58-43-31-39(97(87,88)89)33-51(99(93,94)95)41(43)22-25-49(58)74(53)29-14-10-13-19-54(77)68-28-26-45(61(83)75-36(2)20-23-47(75)37(3)76)72-60(82)46(34-56(79)80)71-55(78)35-70-59(81)44(65)16-15-27-69-62(66)67/h9,11-12,17-18,21-22,24-25,30-33,36,44-47H,8,10,13-16,19-20,23,26-29,34-35,65H2,1-7H3,(H12-,66,67,68,69,70,71,72,77,78,79,80,81,82,84,85,86,87,88,89,90,91,92,93,94,95)/p+1/t36-,44+,45?,46?,47?/m1/s1. The van der Waals surface area contributed by atoms with Crippen molar-refractivity contribution in [2.75, 3.05) is 37.6 Å². The zero-order valence-corrected chi connectivity index (χ0v) is 58.8. The average molecular weight is 1460 g/mol. The number of carbonyl (C=O) groups excluding carboxylic acids is 6. The van der Waals surface area contributed by atoms with Gasteiger partial charge in [-0.15, -0.1) is 0 Å². The van der Waals surface area contributed by atoms with Gasteiger partial charge in [-0.1, -0.05) is 44.6 Å². The third-order valence-corrected chi connectivity index (χ3v) is 21.3. The number of allylic oxidation sites excluding steroid dienone is 6. The molecule has 15 N–H and O–H groups in total. The van der Waals surface area contributed by atoms with Crippen LogP contribution < -0.4 is 43.0 Å². The number of likely N-dealkylation sites (tertiary alicyclic amines) is 1. The number of carbonyl (C=O) groups is 7. The maximum absolute atomic E-state index is 14.3. The molecule has 4 aromatic carbocycles. The second-order valence-electron chi connectivity index (χ2n) is 25.5. The highest BCUT2D eigenvalue weighted by Crippen LogP contribution is 2.52. The minimum atomic E-state index is -5.08. The Morgan fingerprint density at radius 2 is 1.29 bits per heavy atom. The van der Waals surface area contributed by atoms with Crippen LogP contribution in [0.1, 0.15) is 124 Å². The summed E-state index contributed by atoms with van der Waals surface area (Å²) in [6.07, 6.45) is 9.98. The second kappa shape index (κ2) is 30.9. The van der Waals surface area contributed by atoms with Crippen LogP contribution in [0.4, 0.5) is 11.4 Å². The number of unbranched alkanes of at least 4 members (excludes halogenated alkanes) is 2. The van der Waals surface area contributed by atoms with E-state index in [2.05, 4.69) is 26.6 Å². The van der Waals surface area contributed by atoms with Gasteiger partial charge in [0.2, 0.25) is 35.2 Å². The Bertz CT molecular complexity index is 4550. The van der Waals surface area contributed by atoms with Gasteiger partial charge in [0.25, 0.3) is 40.5 Å². The van der Waals surface area contributed by atoms with Gasteiger partial charge in [-0.25, -0.2) is 0 Å². The number of anilines is 1. The molecule has 5 atom stereocenters. The zero-order chi connectivity index (χ0) is 73.7. The molecule has 0 aliphatic carbocycles. The van der Waals surface area contributed by atoms with E-state index in [0.29, 0.717) is 91.1 Å². The number of hydrogen-bond donors (Lipinski definition) is 13. The molecule has 31 nitrogen and oxygen atoms in total. The number of nitrogens with two attached hydrogens (primary N) is 2. The van der Waals surface area contributed by atoms with E-state index in [0.717, 1.165) is 12.1 Å². The Balaban J connectivity index is 1.09. The summed E-state index contributed by atoms with van der Waals surface area (Å²) in [6.45, 7) is 12.2. The van der Waals surface area contributed by atoms with Crippen molar-refractivity contribution < 1.29 is 95.1 Å². The van der Waals surface area contributed by atoms with E-state index in [1.54, 1.807) is 49.4 Å². The fourth-order valence-corrected chi connectivity index (χ4v) is 15.9. The summed E-state index contributed by atoms with van der Waals surface area (Å²) < 4.78 is 144. The summed E-state index contributed by atoms with van der Waals surface area (Å²) >= 11 is 0. The maximum atomic E-state index is 14.3. The smallest absolute Gasteiger partial charge is 0.305 e. The summed E-state index contributed by atoms with van der Waals surface area (Å²) in [5, 5.41) is 29.6. The Kier molecular flexibility index (Phi) is 24.3. The van der Waals surface area contributed by atoms with Gasteiger partial charge in [0, 0.05) is 77.4 Å². The number of ketones is 1. The van der Waals surface area contributed by atoms with Gasteiger partial charge >= 0.3 is 5.97 Å². The molecule has 0 spiro atoms. The number of Topliss-reactive ketones (excluding diaryl/α,β-unsaturated/α-hetero) is 1. The molecular formula is C64H84N11O20S4+. The fraction of sp³-hybridized carbons (Fsp3) is 0.453. The molecule has 1 fully saturated rings. The lowest BCUT2D eigenvalue weighted by Crippen LogP contribution is -2.58. The summed E-state index contributed by atoms with van der Waals surface area (Å²) in [6, 6.07) is 4.19. The lowest BCUT2D eigenvalue weighted by molar-refractivity contribution is -0.433. The number of nitrogens with one attached hydrogen (secondary N) is 6. The molecule has 3 aliphatic heterocycles. The average Bonchev–Trinajstić information content (AvgIpc) is 1.62. The van der Waals surface area contributed by atoms with Gasteiger partial charge in [0.1, 0.15) is 28.4 Å². The third kappa shape index (κ3) is 18.1. The Labute approximate surface area is 573 Å². The van der Waals surface area contributed by atoms with E-state index >= 15 is 0 Å². The highest BCUT2D eigenvalue weighted by Gasteiger charge is 2.47. The van der Waals surface area contributed by atoms with Crippen LogP contribution in [0.2, 0.25) is 0 Å². The van der Waals surface area contributed by atoms with E-state index in [4.69, 9.17) is 16.9 Å². The molecule has 7 rings (SSSR count). The molecule has 4 aromatic rings. The molecule has 3 heterocycles. The molecule has 35 heteroatoms. The van der Waals surface area contributed by atoms with E-state index in [1.807, 2.05) is 44.1 Å². The minimum absolute atomic E-state index is 0.0193. The second-order valence-corrected chi connectivity index (χ2v) is 31.1. The topological polar surface area (TPSA) is 503 Å². The summed E-state index contributed by atoms with van der Waals surface area (Å²) in [5.74, 6) is -6.01. The van der Waals surface area contributed by atoms with Crippen molar-refractivity contribution in [1.82, 2.24) is 31.5 Å². The summed E-state index contributed by atoms with van der Waals surface area (Å²) in [7, 11) is -20.1. The fourth-order valence-electron chi connectivity index (χ4n) is 13.2. The van der Waals surface area contributed by atoms with Crippen LogP contribution in [0.3, 0.4) is 0 Å². The van der Waals surface area contributed by atoms with Crippen molar-refractivity contribution in [1.29, 1.82) is 5.41 Å². The number of hydrogen-bond acceptors (Lipinski definition) is 18. The van der Waals surface area contributed by atoms with Crippen molar-refractivity contribution in [2.24, 2.45) is 11.5 Å². The molecule has 1 saturated heterocycles. The summed E-state index contributed by atoms with van der Waals surface area (Å²) in [4.78, 5) is 92.3. The number of amides is 5. The van der Waals surface area contributed by atoms with Gasteiger partial charge in [-0.3, -0.25) is 57.2 Å². The van der Waals surface area contributed by atoms with Gasteiger partial charge < -0.3 is 53.0 Å². The van der Waals surface area contributed by atoms with Crippen molar-refractivity contribution in [2.45, 2.75) is 173 Å². The number of nitrogens with zero attached hydrogens (tertiary/aromatic N) is 3. The monoisotopic (exact) mass is 1450 g/mol. The highest BCUT2D eigenvalue weighted by molar-refractivity contribution is 7.87. The Morgan fingerprint density at radius 3 is 1.86 bits per heavy atom. The number of fused-ring (bicyclic) bond motifs is 6. The first kappa shape index (κ1) is 77.8. The molecule has 99 heavy (non-hydrogen) atoms. The first-order valence-electron chi connectivity index (χ1n) is 31.6. The van der Waals surface area contributed by atoms with E-state index < -0.39 is 150 Å². The lowest BCUT2D eigenvalue weighted by Gasteiger charge is -2.32. The molecule has 0 saturated carbocycles. The highest BCUT2D eigenvalue weighted by atomic mass is 32.2. The summed E-state index contributed by atoms with van der Waals surface area (Å²) in [5.41, 5.74) is 12.5. The lowest BCUT2D eigenvalue weighted by atomic mass is 9.79. The molecule has 0 bridgehead atoms. The number of benzene rings is 4. The molecule has 0 aromatic heterocycles. The van der Waals surface area contributed by atoms with Crippen LogP contribution in [-0.2, 0) is 84.9 Å². The molecule has 5 amide bonds. The SMILES string of the molecule is CC[N+]1=C(/C=C/C=C/C=C2/N(CCCCCC(=O)NCCC(NC(=O)C(CC(=O)O)NC(=O)CNC(=O)[C@@H](N)CCCNC(=N)N)C(=O)N3C(C(C)=O)CC[C@H]3C)c3ccc4c(S(=O)(=O)O)cc(S(=O)(=O)O)cc4c3C2(C)C)C(C)(C)c2c1ccc1c(S(=O)(=O)O)cc(S(=O)(=O)O)cc21.